The van der Waals surface area contributed by atoms with Crippen molar-refractivity contribution in [3.8, 4) is 16.9 Å². The van der Waals surface area contributed by atoms with E-state index >= 15 is 0 Å². The van der Waals surface area contributed by atoms with Crippen LogP contribution in [0.5, 0.6) is 5.75 Å². The van der Waals surface area contributed by atoms with Crippen LogP contribution in [0.4, 0.5) is 13.6 Å². The van der Waals surface area contributed by atoms with Gasteiger partial charge in [0, 0.05) is 22.9 Å². The topological polar surface area (TPSA) is 94.4 Å². The summed E-state index contributed by atoms with van der Waals surface area (Å²) in [5.74, 6) is -1.21. The lowest BCUT2D eigenvalue weighted by Gasteiger charge is -2.16. The zero-order valence-corrected chi connectivity index (χ0v) is 17.4. The van der Waals surface area contributed by atoms with Crippen LogP contribution in [0, 0.1) is 18.6 Å². The molecule has 1 aromatic heterocycles. The fourth-order valence-corrected chi connectivity index (χ4v) is 3.28. The van der Waals surface area contributed by atoms with Gasteiger partial charge in [-0.3, -0.25) is 4.79 Å². The Hall–Kier alpha value is -3.20. The van der Waals surface area contributed by atoms with Crippen molar-refractivity contribution in [3.05, 3.63) is 85.7 Å². The third-order valence-corrected chi connectivity index (χ3v) is 5.03. The zero-order valence-electron chi connectivity index (χ0n) is 15.8. The maximum absolute atomic E-state index is 14.0. The van der Waals surface area contributed by atoms with Crippen LogP contribution in [0.1, 0.15) is 16.8 Å². The molecule has 3 N–H and O–H groups in total. The van der Waals surface area contributed by atoms with Gasteiger partial charge in [0.05, 0.1) is 0 Å². The first kappa shape index (κ1) is 21.5. The van der Waals surface area contributed by atoms with Crippen molar-refractivity contribution in [2.45, 2.75) is 20.1 Å². The van der Waals surface area contributed by atoms with E-state index in [0.717, 1.165) is 17.7 Å². The molecule has 3 rings (SSSR count). The Morgan fingerprint density at radius 3 is 2.47 bits per heavy atom. The number of rotatable bonds is 6. The summed E-state index contributed by atoms with van der Waals surface area (Å²) in [5, 5.41) is 0. The number of nitrogens with two attached hydrogens (primary N) is 1. The van der Waals surface area contributed by atoms with Gasteiger partial charge in [0.15, 0.2) is 0 Å². The van der Waals surface area contributed by atoms with Crippen LogP contribution in [0.25, 0.3) is 11.1 Å². The van der Waals surface area contributed by atoms with Crippen LogP contribution in [0.3, 0.4) is 0 Å². The summed E-state index contributed by atoms with van der Waals surface area (Å²) in [6, 6.07) is 10.2. The lowest BCUT2D eigenvalue weighted by atomic mass is 10.0. The highest BCUT2D eigenvalue weighted by Gasteiger charge is 2.18. The predicted molar refractivity (Wildman–Crippen MR) is 110 cm³/mol. The molecule has 0 aliphatic heterocycles. The van der Waals surface area contributed by atoms with E-state index in [4.69, 9.17) is 15.2 Å². The van der Waals surface area contributed by atoms with E-state index in [1.54, 1.807) is 31.2 Å². The van der Waals surface area contributed by atoms with E-state index in [9.17, 15) is 18.4 Å². The number of aryl methyl sites for hydroxylation is 1. The molecular weight excluding hydrogens is 462 g/mol. The van der Waals surface area contributed by atoms with Gasteiger partial charge in [0.2, 0.25) is 0 Å². The summed E-state index contributed by atoms with van der Waals surface area (Å²) in [5.41, 5.74) is 7.26. The van der Waals surface area contributed by atoms with E-state index in [2.05, 4.69) is 20.9 Å². The first-order valence-corrected chi connectivity index (χ1v) is 9.56. The van der Waals surface area contributed by atoms with Crippen LogP contribution in [0.2, 0.25) is 0 Å². The molecule has 0 saturated heterocycles. The Labute approximate surface area is 178 Å². The Morgan fingerprint density at radius 1 is 1.13 bits per heavy atom. The molecule has 6 nitrogen and oxygen atoms in total. The SMILES string of the molecule is Cc1[nH]c(=O)c(Br)c(OCc2ccc(F)cc2F)c1-c1ccc(COC(N)=O)cc1. The average Bonchev–Trinajstić information content (AvgIpc) is 2.69. The molecule has 0 radical (unpaired) electrons. The first-order valence-electron chi connectivity index (χ1n) is 8.77. The van der Waals surface area contributed by atoms with E-state index in [0.29, 0.717) is 16.8 Å². The number of pyridine rings is 1. The molecule has 0 spiro atoms. The number of carbonyl (C=O) groups is 1. The van der Waals surface area contributed by atoms with Gasteiger partial charge in [0.1, 0.15) is 35.1 Å². The standard InChI is InChI=1S/C21H17BrF2N2O4/c1-11-17(13-4-2-12(3-5-13)9-30-21(25)28)19(18(22)20(27)26-11)29-10-14-6-7-15(23)8-16(14)24/h2-8H,9-10H2,1H3,(H2,25,28)(H,26,27). The quantitative estimate of drug-likeness (QED) is 0.542. The summed E-state index contributed by atoms with van der Waals surface area (Å²) >= 11 is 3.23. The smallest absolute Gasteiger partial charge is 0.404 e. The summed E-state index contributed by atoms with van der Waals surface area (Å²) in [6.45, 7) is 1.53. The van der Waals surface area contributed by atoms with E-state index in [1.807, 2.05) is 0 Å². The molecule has 1 amide bonds. The van der Waals surface area contributed by atoms with Crippen LogP contribution >= 0.6 is 15.9 Å². The Kier molecular flexibility index (Phi) is 6.51. The molecule has 1 heterocycles. The van der Waals surface area contributed by atoms with Crippen molar-refractivity contribution in [1.29, 1.82) is 0 Å². The third-order valence-electron chi connectivity index (χ3n) is 4.31. The number of carbonyl (C=O) groups excluding carboxylic acids is 1. The van der Waals surface area contributed by atoms with Gasteiger partial charge >= 0.3 is 6.09 Å². The third kappa shape index (κ3) is 4.85. The molecule has 2 aromatic carbocycles. The number of ether oxygens (including phenoxy) is 2. The lowest BCUT2D eigenvalue weighted by molar-refractivity contribution is 0.150. The molecule has 156 valence electrons. The summed E-state index contributed by atoms with van der Waals surface area (Å²) < 4.78 is 37.8. The largest absolute Gasteiger partial charge is 0.487 e. The minimum atomic E-state index is -0.872. The summed E-state index contributed by atoms with van der Waals surface area (Å²) in [6.07, 6.45) is -0.872. The number of amides is 1. The first-order chi connectivity index (χ1) is 14.3. The number of aromatic nitrogens is 1. The van der Waals surface area contributed by atoms with Gasteiger partial charge in [-0.05, 0) is 46.1 Å². The number of aromatic amines is 1. The summed E-state index contributed by atoms with van der Waals surface area (Å²) in [7, 11) is 0. The predicted octanol–water partition coefficient (Wildman–Crippen LogP) is 4.57. The van der Waals surface area contributed by atoms with Gasteiger partial charge in [-0.25, -0.2) is 13.6 Å². The normalized spacial score (nSPS) is 10.7. The number of nitrogens with one attached hydrogen (secondary N) is 1. The maximum Gasteiger partial charge on any atom is 0.404 e. The Morgan fingerprint density at radius 2 is 1.83 bits per heavy atom. The molecule has 0 unspecified atom stereocenters. The molecule has 3 aromatic rings. The van der Waals surface area contributed by atoms with Crippen molar-refractivity contribution < 1.29 is 23.0 Å². The molecule has 0 bridgehead atoms. The van der Waals surface area contributed by atoms with Crippen molar-refractivity contribution in [2.75, 3.05) is 0 Å². The van der Waals surface area contributed by atoms with Gasteiger partial charge in [-0.15, -0.1) is 0 Å². The van der Waals surface area contributed by atoms with E-state index in [-0.39, 0.29) is 29.0 Å². The fourth-order valence-electron chi connectivity index (χ4n) is 2.86. The van der Waals surface area contributed by atoms with Crippen molar-refractivity contribution >= 4 is 22.0 Å². The molecule has 0 saturated carbocycles. The van der Waals surface area contributed by atoms with Gasteiger partial charge in [-0.1, -0.05) is 24.3 Å². The second kappa shape index (κ2) is 9.08. The van der Waals surface area contributed by atoms with Crippen molar-refractivity contribution in [2.24, 2.45) is 5.73 Å². The van der Waals surface area contributed by atoms with Gasteiger partial charge in [-0.2, -0.15) is 0 Å². The van der Waals surface area contributed by atoms with Gasteiger partial charge < -0.3 is 20.2 Å². The monoisotopic (exact) mass is 478 g/mol. The van der Waals surface area contributed by atoms with Crippen LogP contribution < -0.4 is 16.0 Å². The summed E-state index contributed by atoms with van der Waals surface area (Å²) in [4.78, 5) is 25.7. The van der Waals surface area contributed by atoms with Crippen LogP contribution in [0.15, 0.2) is 51.7 Å². The molecule has 0 aliphatic carbocycles. The lowest BCUT2D eigenvalue weighted by Crippen LogP contribution is -2.13. The molecule has 0 atom stereocenters. The molecule has 0 aliphatic rings. The van der Waals surface area contributed by atoms with Crippen LogP contribution in [-0.4, -0.2) is 11.1 Å². The molecule has 0 fully saturated rings. The average molecular weight is 479 g/mol. The number of halogens is 3. The Balaban J connectivity index is 1.95. The van der Waals surface area contributed by atoms with Crippen molar-refractivity contribution in [1.82, 2.24) is 4.98 Å². The number of hydrogen-bond donors (Lipinski definition) is 2. The number of benzene rings is 2. The zero-order chi connectivity index (χ0) is 21.8. The highest BCUT2D eigenvalue weighted by Crippen LogP contribution is 2.37. The fraction of sp³-hybridized carbons (Fsp3) is 0.143. The second-order valence-electron chi connectivity index (χ2n) is 6.43. The molecule has 30 heavy (non-hydrogen) atoms. The molecule has 9 heteroatoms. The van der Waals surface area contributed by atoms with Gasteiger partial charge in [0.25, 0.3) is 5.56 Å². The van der Waals surface area contributed by atoms with Crippen LogP contribution in [-0.2, 0) is 18.0 Å². The van der Waals surface area contributed by atoms with E-state index in [1.165, 1.54) is 6.07 Å². The second-order valence-corrected chi connectivity index (χ2v) is 7.22. The van der Waals surface area contributed by atoms with Crippen molar-refractivity contribution in [3.63, 3.8) is 0 Å². The maximum atomic E-state index is 14.0. The highest BCUT2D eigenvalue weighted by atomic mass is 79.9. The molecular formula is C21H17BrF2N2O4. The number of primary amides is 1. The minimum Gasteiger partial charge on any atom is -0.487 e. The number of hydrogen-bond acceptors (Lipinski definition) is 4. The Bertz CT molecular complexity index is 1150. The van der Waals surface area contributed by atoms with E-state index < -0.39 is 23.3 Å². The number of H-pyrrole nitrogens is 1. The minimum absolute atomic E-state index is 0.0249. The highest BCUT2D eigenvalue weighted by molar-refractivity contribution is 9.10.